The fourth-order valence-electron chi connectivity index (χ4n) is 2.17. The fourth-order valence-corrected chi connectivity index (χ4v) is 3.32. The number of thiazole rings is 1. The number of hydrogen-bond acceptors (Lipinski definition) is 6. The molecule has 3 rings (SSSR count). The Balaban J connectivity index is 2.10. The fraction of sp³-hybridized carbons (Fsp3) is 0.417. The summed E-state index contributed by atoms with van der Waals surface area (Å²) in [6.07, 6.45) is 0. The van der Waals surface area contributed by atoms with Crippen LogP contribution >= 0.6 is 34.5 Å². The van der Waals surface area contributed by atoms with Crippen LogP contribution < -0.4 is 10.5 Å². The summed E-state index contributed by atoms with van der Waals surface area (Å²) in [5.41, 5.74) is 1.21. The zero-order valence-corrected chi connectivity index (χ0v) is 13.4. The Kier molecular flexibility index (Phi) is 4.17. The molecule has 1 aliphatic heterocycles. The summed E-state index contributed by atoms with van der Waals surface area (Å²) in [6, 6.07) is 0.0929. The minimum Gasteiger partial charge on any atom is -0.377 e. The average molecular weight is 347 g/mol. The molecule has 0 unspecified atom stereocenters. The molecule has 0 radical (unpaired) electrons. The lowest BCUT2D eigenvalue weighted by Gasteiger charge is -2.34. The van der Waals surface area contributed by atoms with Crippen LogP contribution in [0.25, 0.3) is 10.7 Å². The van der Waals surface area contributed by atoms with Crippen molar-refractivity contribution in [3.8, 4) is 10.7 Å². The Morgan fingerprint density at radius 3 is 3.00 bits per heavy atom. The monoisotopic (exact) mass is 346 g/mol. The molecular formula is C12H12Cl2N4O2S. The third-order valence-corrected chi connectivity index (χ3v) is 4.80. The molecule has 0 bridgehead atoms. The van der Waals surface area contributed by atoms with Crippen molar-refractivity contribution in [2.24, 2.45) is 0 Å². The van der Waals surface area contributed by atoms with E-state index in [-0.39, 0.29) is 16.6 Å². The Morgan fingerprint density at radius 1 is 1.52 bits per heavy atom. The van der Waals surface area contributed by atoms with Crippen LogP contribution in [-0.2, 0) is 4.74 Å². The second-order valence-electron chi connectivity index (χ2n) is 4.64. The summed E-state index contributed by atoms with van der Waals surface area (Å²) in [5, 5.41) is 0.389. The van der Waals surface area contributed by atoms with E-state index in [2.05, 4.69) is 15.0 Å². The number of aromatic amines is 1. The summed E-state index contributed by atoms with van der Waals surface area (Å²) in [7, 11) is 0. The average Bonchev–Trinajstić information content (AvgIpc) is 2.89. The van der Waals surface area contributed by atoms with Crippen LogP contribution in [0.2, 0.25) is 10.2 Å². The van der Waals surface area contributed by atoms with E-state index < -0.39 is 0 Å². The number of anilines is 1. The number of nitrogens with one attached hydrogen (secondary N) is 1. The lowest BCUT2D eigenvalue weighted by molar-refractivity contribution is 0.0985. The minimum absolute atomic E-state index is 0.0770. The first-order valence-electron chi connectivity index (χ1n) is 6.31. The molecule has 21 heavy (non-hydrogen) atoms. The van der Waals surface area contributed by atoms with Gasteiger partial charge in [-0.25, -0.2) is 9.97 Å². The molecule has 0 aromatic carbocycles. The highest BCUT2D eigenvalue weighted by atomic mass is 35.5. The molecule has 1 aliphatic rings. The third-order valence-electron chi connectivity index (χ3n) is 3.22. The van der Waals surface area contributed by atoms with Gasteiger partial charge in [-0.05, 0) is 6.92 Å². The van der Waals surface area contributed by atoms with Crippen molar-refractivity contribution in [1.29, 1.82) is 0 Å². The summed E-state index contributed by atoms with van der Waals surface area (Å²) in [6.45, 7) is 3.78. The van der Waals surface area contributed by atoms with E-state index in [9.17, 15) is 4.79 Å². The van der Waals surface area contributed by atoms with Gasteiger partial charge in [0.05, 0.1) is 24.8 Å². The number of nitrogens with zero attached hydrogens (tertiary/aromatic N) is 3. The molecular weight excluding hydrogens is 335 g/mol. The quantitative estimate of drug-likeness (QED) is 0.903. The number of hydrogen-bond donors (Lipinski definition) is 1. The van der Waals surface area contributed by atoms with E-state index in [1.807, 2.05) is 11.8 Å². The standard InChI is InChI=1S/C12H12Cl2N4O2S/c1-6-4-20-3-2-18(6)11-7(13)12(19)17-10(16-11)8-9(14)15-5-21-8/h5-6H,2-4H2,1H3,(H,16,17,19)/t6-/m1/s1. The van der Waals surface area contributed by atoms with Gasteiger partial charge in [-0.1, -0.05) is 23.2 Å². The van der Waals surface area contributed by atoms with E-state index in [0.29, 0.717) is 41.4 Å². The van der Waals surface area contributed by atoms with Gasteiger partial charge >= 0.3 is 0 Å². The smallest absolute Gasteiger partial charge is 0.272 e. The first-order chi connectivity index (χ1) is 10.1. The van der Waals surface area contributed by atoms with Crippen molar-refractivity contribution >= 4 is 40.4 Å². The minimum atomic E-state index is -0.389. The molecule has 2 aromatic rings. The van der Waals surface area contributed by atoms with Crippen LogP contribution in [0.4, 0.5) is 5.82 Å². The first-order valence-corrected chi connectivity index (χ1v) is 7.95. The highest BCUT2D eigenvalue weighted by Gasteiger charge is 2.25. The van der Waals surface area contributed by atoms with Crippen molar-refractivity contribution in [2.75, 3.05) is 24.7 Å². The highest BCUT2D eigenvalue weighted by Crippen LogP contribution is 2.31. The van der Waals surface area contributed by atoms with Gasteiger partial charge < -0.3 is 14.6 Å². The Hall–Kier alpha value is -1.15. The zero-order valence-electron chi connectivity index (χ0n) is 11.1. The van der Waals surface area contributed by atoms with Gasteiger partial charge in [-0.2, -0.15) is 0 Å². The number of aromatic nitrogens is 3. The van der Waals surface area contributed by atoms with Crippen LogP contribution in [0.15, 0.2) is 10.3 Å². The predicted octanol–water partition coefficient (Wildman–Crippen LogP) is 2.43. The van der Waals surface area contributed by atoms with Crippen LogP contribution in [0, 0.1) is 0 Å². The van der Waals surface area contributed by atoms with E-state index >= 15 is 0 Å². The lowest BCUT2D eigenvalue weighted by Crippen LogP contribution is -2.44. The van der Waals surface area contributed by atoms with Gasteiger partial charge in [0, 0.05) is 6.54 Å². The van der Waals surface area contributed by atoms with Crippen molar-refractivity contribution < 1.29 is 4.74 Å². The van der Waals surface area contributed by atoms with Gasteiger partial charge in [0.1, 0.15) is 9.90 Å². The Labute approximate surface area is 134 Å². The third kappa shape index (κ3) is 2.78. The summed E-state index contributed by atoms with van der Waals surface area (Å²) in [5.74, 6) is 0.835. The normalized spacial score (nSPS) is 19.0. The van der Waals surface area contributed by atoms with Crippen LogP contribution in [-0.4, -0.2) is 40.8 Å². The number of ether oxygens (including phenoxy) is 1. The van der Waals surface area contributed by atoms with Gasteiger partial charge in [-0.3, -0.25) is 4.79 Å². The first kappa shape index (κ1) is 14.8. The van der Waals surface area contributed by atoms with Crippen molar-refractivity contribution in [3.05, 3.63) is 26.0 Å². The molecule has 0 aliphatic carbocycles. The van der Waals surface area contributed by atoms with Crippen molar-refractivity contribution in [2.45, 2.75) is 13.0 Å². The molecule has 3 heterocycles. The van der Waals surface area contributed by atoms with Crippen LogP contribution in [0.1, 0.15) is 6.92 Å². The Morgan fingerprint density at radius 2 is 2.33 bits per heavy atom. The largest absolute Gasteiger partial charge is 0.377 e. The van der Waals surface area contributed by atoms with Gasteiger partial charge in [0.25, 0.3) is 5.56 Å². The maximum atomic E-state index is 12.1. The molecule has 0 spiro atoms. The van der Waals surface area contributed by atoms with E-state index in [1.165, 1.54) is 11.3 Å². The van der Waals surface area contributed by atoms with E-state index in [0.717, 1.165) is 0 Å². The number of halogens is 2. The molecule has 2 aromatic heterocycles. The topological polar surface area (TPSA) is 71.1 Å². The van der Waals surface area contributed by atoms with Crippen molar-refractivity contribution in [3.63, 3.8) is 0 Å². The van der Waals surface area contributed by atoms with Crippen LogP contribution in [0.3, 0.4) is 0 Å². The Bertz CT molecular complexity index is 718. The van der Waals surface area contributed by atoms with Gasteiger partial charge in [0.15, 0.2) is 16.8 Å². The maximum Gasteiger partial charge on any atom is 0.272 e. The molecule has 0 saturated carbocycles. The lowest BCUT2D eigenvalue weighted by atomic mass is 10.2. The summed E-state index contributed by atoms with van der Waals surface area (Å²) in [4.78, 5) is 25.7. The van der Waals surface area contributed by atoms with Gasteiger partial charge in [0.2, 0.25) is 0 Å². The molecule has 1 N–H and O–H groups in total. The zero-order chi connectivity index (χ0) is 15.0. The van der Waals surface area contributed by atoms with Crippen molar-refractivity contribution in [1.82, 2.24) is 15.0 Å². The summed E-state index contributed by atoms with van der Waals surface area (Å²) >= 11 is 13.4. The SMILES string of the molecule is C[C@@H]1COCCN1c1nc(-c2scnc2Cl)[nH]c(=O)c1Cl. The number of morpholine rings is 1. The molecule has 1 atom stereocenters. The van der Waals surface area contributed by atoms with E-state index in [1.54, 1.807) is 5.51 Å². The van der Waals surface area contributed by atoms with Crippen LogP contribution in [0.5, 0.6) is 0 Å². The second kappa shape index (κ2) is 5.92. The highest BCUT2D eigenvalue weighted by molar-refractivity contribution is 7.13. The molecule has 6 nitrogen and oxygen atoms in total. The molecule has 0 amide bonds. The molecule has 112 valence electrons. The van der Waals surface area contributed by atoms with E-state index in [4.69, 9.17) is 27.9 Å². The summed E-state index contributed by atoms with van der Waals surface area (Å²) < 4.78 is 5.40. The maximum absolute atomic E-state index is 12.1. The molecule has 1 saturated heterocycles. The van der Waals surface area contributed by atoms with Gasteiger partial charge in [-0.15, -0.1) is 11.3 Å². The molecule has 1 fully saturated rings. The second-order valence-corrected chi connectivity index (χ2v) is 6.23. The molecule has 9 heteroatoms. The predicted molar refractivity (Wildman–Crippen MR) is 83.6 cm³/mol. The number of H-pyrrole nitrogens is 1. The number of rotatable bonds is 2.